The van der Waals surface area contributed by atoms with Gasteiger partial charge in [-0.1, -0.05) is 36.4 Å². The summed E-state index contributed by atoms with van der Waals surface area (Å²) in [5, 5.41) is 4.01. The zero-order chi connectivity index (χ0) is 18.0. The number of esters is 1. The lowest BCUT2D eigenvalue weighted by Crippen LogP contribution is -2.08. The molecule has 0 atom stereocenters. The fourth-order valence-corrected chi connectivity index (χ4v) is 2.26. The van der Waals surface area contributed by atoms with Crippen LogP contribution < -0.4 is 0 Å². The molecule has 0 radical (unpaired) electrons. The number of rotatable bonds is 3. The maximum absolute atomic E-state index is 13.0. The summed E-state index contributed by atoms with van der Waals surface area (Å²) in [6.07, 6.45) is -4.49. The van der Waals surface area contributed by atoms with Gasteiger partial charge in [0, 0.05) is 5.56 Å². The Morgan fingerprint density at radius 3 is 2.44 bits per heavy atom. The number of carbonyl (C=O) groups excluding carboxylic acids is 1. The number of halogens is 3. The van der Waals surface area contributed by atoms with E-state index in [4.69, 9.17) is 0 Å². The van der Waals surface area contributed by atoms with E-state index in [9.17, 15) is 18.0 Å². The van der Waals surface area contributed by atoms with Gasteiger partial charge in [0.15, 0.2) is 5.82 Å². The van der Waals surface area contributed by atoms with Gasteiger partial charge in [0.25, 0.3) is 5.82 Å². The van der Waals surface area contributed by atoms with Crippen molar-refractivity contribution in [3.8, 4) is 17.1 Å². The number of hydrogen-bond donors (Lipinski definition) is 0. The van der Waals surface area contributed by atoms with E-state index in [1.54, 1.807) is 30.3 Å². The standard InChI is InChI=1S/C17H12F3N3O2/c1-25-16(24)14-21-15(11-6-3-2-4-7-11)23(22-14)13-9-5-8-12(10-13)17(18,19)20/h2-10H,1H3. The molecule has 0 amide bonds. The Labute approximate surface area is 140 Å². The van der Waals surface area contributed by atoms with Crippen molar-refractivity contribution in [2.75, 3.05) is 7.11 Å². The van der Waals surface area contributed by atoms with E-state index in [0.29, 0.717) is 5.56 Å². The van der Waals surface area contributed by atoms with Crippen LogP contribution in [0.1, 0.15) is 16.2 Å². The van der Waals surface area contributed by atoms with E-state index in [1.165, 1.54) is 23.9 Å². The quantitative estimate of drug-likeness (QED) is 0.677. The zero-order valence-electron chi connectivity index (χ0n) is 13.0. The largest absolute Gasteiger partial charge is 0.463 e. The van der Waals surface area contributed by atoms with Gasteiger partial charge < -0.3 is 4.74 Å². The third-order valence-corrected chi connectivity index (χ3v) is 3.43. The van der Waals surface area contributed by atoms with Crippen molar-refractivity contribution in [1.82, 2.24) is 14.8 Å². The Hall–Kier alpha value is -3.16. The zero-order valence-corrected chi connectivity index (χ0v) is 13.0. The number of benzene rings is 2. The highest BCUT2D eigenvalue weighted by atomic mass is 19.4. The Bertz CT molecular complexity index is 905. The van der Waals surface area contributed by atoms with E-state index in [-0.39, 0.29) is 17.3 Å². The first-order chi connectivity index (χ1) is 11.9. The lowest BCUT2D eigenvalue weighted by Gasteiger charge is -2.10. The molecule has 0 N–H and O–H groups in total. The molecule has 0 saturated heterocycles. The lowest BCUT2D eigenvalue weighted by molar-refractivity contribution is -0.137. The molecule has 5 nitrogen and oxygen atoms in total. The molecule has 8 heteroatoms. The second-order valence-electron chi connectivity index (χ2n) is 5.08. The van der Waals surface area contributed by atoms with Crippen LogP contribution in [0.4, 0.5) is 13.2 Å². The number of ether oxygens (including phenoxy) is 1. The normalized spacial score (nSPS) is 11.4. The molecule has 3 aromatic rings. The van der Waals surface area contributed by atoms with Crippen LogP contribution in [0.5, 0.6) is 0 Å². The third kappa shape index (κ3) is 3.37. The molecule has 0 unspecified atom stereocenters. The first kappa shape index (κ1) is 16.7. The highest BCUT2D eigenvalue weighted by Gasteiger charge is 2.31. The van der Waals surface area contributed by atoms with E-state index in [1.807, 2.05) is 0 Å². The van der Waals surface area contributed by atoms with Crippen LogP contribution in [-0.4, -0.2) is 27.8 Å². The van der Waals surface area contributed by atoms with Crippen molar-refractivity contribution in [3.63, 3.8) is 0 Å². The number of hydrogen-bond acceptors (Lipinski definition) is 4. The van der Waals surface area contributed by atoms with Crippen LogP contribution in [0, 0.1) is 0 Å². The number of alkyl halides is 3. The number of nitrogens with zero attached hydrogens (tertiary/aromatic N) is 3. The maximum Gasteiger partial charge on any atom is 0.416 e. The van der Waals surface area contributed by atoms with Crippen molar-refractivity contribution in [2.24, 2.45) is 0 Å². The molecular formula is C17H12F3N3O2. The molecule has 0 fully saturated rings. The first-order valence-electron chi connectivity index (χ1n) is 7.18. The molecule has 0 aliphatic rings. The molecule has 25 heavy (non-hydrogen) atoms. The van der Waals surface area contributed by atoms with Gasteiger partial charge in [-0.15, -0.1) is 5.10 Å². The summed E-state index contributed by atoms with van der Waals surface area (Å²) in [5.74, 6) is -0.776. The highest BCUT2D eigenvalue weighted by Crippen LogP contribution is 2.31. The summed E-state index contributed by atoms with van der Waals surface area (Å²) in [7, 11) is 1.18. The van der Waals surface area contributed by atoms with Gasteiger partial charge in [-0.3, -0.25) is 0 Å². The van der Waals surface area contributed by atoms with E-state index in [2.05, 4.69) is 14.8 Å². The summed E-state index contributed by atoms with van der Waals surface area (Å²) >= 11 is 0. The Balaban J connectivity index is 2.18. The second kappa shape index (κ2) is 6.39. The van der Waals surface area contributed by atoms with Crippen LogP contribution in [-0.2, 0) is 10.9 Å². The number of aromatic nitrogens is 3. The van der Waals surface area contributed by atoms with Crippen LogP contribution in [0.15, 0.2) is 54.6 Å². The maximum atomic E-state index is 13.0. The summed E-state index contributed by atoms with van der Waals surface area (Å²) in [5.41, 5.74) is -0.0852. The molecule has 0 aliphatic carbocycles. The minimum atomic E-state index is -4.49. The topological polar surface area (TPSA) is 57.0 Å². The predicted octanol–water partition coefficient (Wildman–Crippen LogP) is 3.74. The van der Waals surface area contributed by atoms with Crippen LogP contribution in [0.25, 0.3) is 17.1 Å². The second-order valence-corrected chi connectivity index (χ2v) is 5.08. The molecule has 1 aromatic heterocycles. The Kier molecular flexibility index (Phi) is 4.26. The number of carbonyl (C=O) groups is 1. The van der Waals surface area contributed by atoms with Gasteiger partial charge in [0.2, 0.25) is 0 Å². The third-order valence-electron chi connectivity index (χ3n) is 3.43. The summed E-state index contributed by atoms with van der Waals surface area (Å²) in [6.45, 7) is 0. The monoisotopic (exact) mass is 347 g/mol. The van der Waals surface area contributed by atoms with Crippen molar-refractivity contribution < 1.29 is 22.7 Å². The molecular weight excluding hydrogens is 335 g/mol. The predicted molar refractivity (Wildman–Crippen MR) is 83.1 cm³/mol. The van der Waals surface area contributed by atoms with Crippen LogP contribution >= 0.6 is 0 Å². The fourth-order valence-electron chi connectivity index (χ4n) is 2.26. The molecule has 128 valence electrons. The van der Waals surface area contributed by atoms with Gasteiger partial charge in [-0.2, -0.15) is 13.2 Å². The molecule has 1 heterocycles. The molecule has 0 saturated carbocycles. The van der Waals surface area contributed by atoms with Crippen molar-refractivity contribution in [3.05, 3.63) is 66.0 Å². The first-order valence-corrected chi connectivity index (χ1v) is 7.18. The summed E-state index contributed by atoms with van der Waals surface area (Å²) in [4.78, 5) is 15.8. The lowest BCUT2D eigenvalue weighted by atomic mass is 10.2. The Morgan fingerprint density at radius 1 is 1.08 bits per heavy atom. The van der Waals surface area contributed by atoms with Gasteiger partial charge in [-0.25, -0.2) is 14.5 Å². The van der Waals surface area contributed by atoms with E-state index in [0.717, 1.165) is 12.1 Å². The minimum Gasteiger partial charge on any atom is -0.463 e. The summed E-state index contributed by atoms with van der Waals surface area (Å²) < 4.78 is 44.7. The molecule has 0 bridgehead atoms. The smallest absolute Gasteiger partial charge is 0.416 e. The fraction of sp³-hybridized carbons (Fsp3) is 0.118. The Morgan fingerprint density at radius 2 is 1.80 bits per heavy atom. The van der Waals surface area contributed by atoms with E-state index < -0.39 is 17.7 Å². The minimum absolute atomic E-state index is 0.135. The average Bonchev–Trinajstić information content (AvgIpc) is 3.06. The SMILES string of the molecule is COC(=O)c1nc(-c2ccccc2)n(-c2cccc(C(F)(F)F)c2)n1. The average molecular weight is 347 g/mol. The van der Waals surface area contributed by atoms with Gasteiger partial charge in [-0.05, 0) is 18.2 Å². The van der Waals surface area contributed by atoms with Crippen LogP contribution in [0.3, 0.4) is 0 Å². The molecule has 3 rings (SSSR count). The van der Waals surface area contributed by atoms with Crippen molar-refractivity contribution in [1.29, 1.82) is 0 Å². The highest BCUT2D eigenvalue weighted by molar-refractivity contribution is 5.85. The number of methoxy groups -OCH3 is 1. The molecule has 0 aliphatic heterocycles. The molecule has 0 spiro atoms. The van der Waals surface area contributed by atoms with Crippen LogP contribution in [0.2, 0.25) is 0 Å². The van der Waals surface area contributed by atoms with Gasteiger partial charge >= 0.3 is 12.1 Å². The van der Waals surface area contributed by atoms with Gasteiger partial charge in [0.05, 0.1) is 18.4 Å². The van der Waals surface area contributed by atoms with Crippen molar-refractivity contribution in [2.45, 2.75) is 6.18 Å². The van der Waals surface area contributed by atoms with E-state index >= 15 is 0 Å². The van der Waals surface area contributed by atoms with Gasteiger partial charge in [0.1, 0.15) is 0 Å². The molecule has 2 aromatic carbocycles. The van der Waals surface area contributed by atoms with Crippen molar-refractivity contribution >= 4 is 5.97 Å². The summed E-state index contributed by atoms with van der Waals surface area (Å²) in [6, 6.07) is 13.4.